The maximum atomic E-state index is 11.8. The van der Waals surface area contributed by atoms with Gasteiger partial charge in [-0.05, 0) is 31.0 Å². The zero-order valence-corrected chi connectivity index (χ0v) is 12.7. The molecule has 1 N–H and O–H groups in total. The number of benzene rings is 1. The molecule has 1 heterocycles. The monoisotopic (exact) mass is 319 g/mol. The van der Waals surface area contributed by atoms with Gasteiger partial charge in [-0.1, -0.05) is 23.2 Å². The molecule has 19 heavy (non-hydrogen) atoms. The molecule has 1 aromatic rings. The summed E-state index contributed by atoms with van der Waals surface area (Å²) in [4.78, 5) is 12.7. The first kappa shape index (κ1) is 15.0. The van der Waals surface area contributed by atoms with E-state index in [0.29, 0.717) is 15.8 Å². The summed E-state index contributed by atoms with van der Waals surface area (Å²) in [5, 5.41) is 4.05. The van der Waals surface area contributed by atoms with Crippen molar-refractivity contribution in [3.05, 3.63) is 28.2 Å². The molecule has 0 spiro atoms. The molecule has 1 saturated heterocycles. The zero-order valence-electron chi connectivity index (χ0n) is 10.3. The Kier molecular flexibility index (Phi) is 5.82. The van der Waals surface area contributed by atoms with E-state index in [2.05, 4.69) is 5.32 Å². The topological polar surface area (TPSA) is 38.3 Å². The lowest BCUT2D eigenvalue weighted by Gasteiger charge is -2.23. The number of hydrogen-bond acceptors (Lipinski definition) is 3. The standard InChI is InChI=1S/C13H15Cl2NO2S/c14-11-2-1-10(7-12(11)15)19-8-13(17)16-9-3-5-18-6-4-9/h1-2,7,9H,3-6,8H2,(H,16,17). The van der Waals surface area contributed by atoms with Crippen LogP contribution >= 0.6 is 35.0 Å². The van der Waals surface area contributed by atoms with Crippen LogP contribution in [0.25, 0.3) is 0 Å². The lowest BCUT2D eigenvalue weighted by Crippen LogP contribution is -2.39. The number of hydrogen-bond donors (Lipinski definition) is 1. The molecule has 0 saturated carbocycles. The van der Waals surface area contributed by atoms with Crippen molar-refractivity contribution in [2.24, 2.45) is 0 Å². The van der Waals surface area contributed by atoms with Gasteiger partial charge in [0.2, 0.25) is 5.91 Å². The van der Waals surface area contributed by atoms with Gasteiger partial charge in [0.05, 0.1) is 15.8 Å². The van der Waals surface area contributed by atoms with Gasteiger partial charge < -0.3 is 10.1 Å². The Morgan fingerprint density at radius 1 is 1.32 bits per heavy atom. The number of rotatable bonds is 4. The fourth-order valence-electron chi connectivity index (χ4n) is 1.83. The molecule has 0 aliphatic carbocycles. The van der Waals surface area contributed by atoms with Crippen LogP contribution in [0.5, 0.6) is 0 Å². The Labute approximate surface area is 127 Å². The van der Waals surface area contributed by atoms with Crippen LogP contribution in [0.1, 0.15) is 12.8 Å². The fraction of sp³-hybridized carbons (Fsp3) is 0.462. The SMILES string of the molecule is O=C(CSc1ccc(Cl)c(Cl)c1)NC1CCOCC1. The van der Waals surface area contributed by atoms with Crippen molar-refractivity contribution in [2.75, 3.05) is 19.0 Å². The summed E-state index contributed by atoms with van der Waals surface area (Å²) in [6.07, 6.45) is 1.78. The maximum absolute atomic E-state index is 11.8. The summed E-state index contributed by atoms with van der Waals surface area (Å²) < 4.78 is 5.25. The minimum atomic E-state index is 0.0444. The number of carbonyl (C=O) groups is 1. The lowest BCUT2D eigenvalue weighted by molar-refractivity contribution is -0.119. The van der Waals surface area contributed by atoms with Crippen LogP contribution in [0.3, 0.4) is 0 Å². The van der Waals surface area contributed by atoms with E-state index in [1.54, 1.807) is 12.1 Å². The van der Waals surface area contributed by atoms with E-state index in [0.717, 1.165) is 31.0 Å². The van der Waals surface area contributed by atoms with Gasteiger partial charge >= 0.3 is 0 Å². The van der Waals surface area contributed by atoms with E-state index in [-0.39, 0.29) is 11.9 Å². The van der Waals surface area contributed by atoms with E-state index in [4.69, 9.17) is 27.9 Å². The molecule has 1 aliphatic rings. The summed E-state index contributed by atoms with van der Waals surface area (Å²) in [6.45, 7) is 1.45. The van der Waals surface area contributed by atoms with Crippen molar-refractivity contribution in [3.63, 3.8) is 0 Å². The molecule has 0 radical (unpaired) electrons. The Morgan fingerprint density at radius 2 is 2.05 bits per heavy atom. The second kappa shape index (κ2) is 7.39. The largest absolute Gasteiger partial charge is 0.381 e. The molecule has 0 aromatic heterocycles. The third-order valence-electron chi connectivity index (χ3n) is 2.85. The minimum Gasteiger partial charge on any atom is -0.381 e. The summed E-state index contributed by atoms with van der Waals surface area (Å²) in [7, 11) is 0. The first-order chi connectivity index (χ1) is 9.15. The van der Waals surface area contributed by atoms with Crippen molar-refractivity contribution in [2.45, 2.75) is 23.8 Å². The summed E-state index contributed by atoms with van der Waals surface area (Å²) in [6, 6.07) is 5.62. The van der Waals surface area contributed by atoms with Crippen LogP contribution < -0.4 is 5.32 Å². The number of amides is 1. The minimum absolute atomic E-state index is 0.0444. The molecule has 0 unspecified atom stereocenters. The van der Waals surface area contributed by atoms with Gasteiger partial charge in [0.15, 0.2) is 0 Å². The van der Waals surface area contributed by atoms with Crippen molar-refractivity contribution in [1.82, 2.24) is 5.32 Å². The molecule has 1 aromatic carbocycles. The number of halogens is 2. The van der Waals surface area contributed by atoms with Crippen LogP contribution in [0.15, 0.2) is 23.1 Å². The Bertz CT molecular complexity index is 450. The molecular weight excluding hydrogens is 305 g/mol. The molecule has 0 atom stereocenters. The zero-order chi connectivity index (χ0) is 13.7. The Balaban J connectivity index is 1.77. The van der Waals surface area contributed by atoms with Crippen LogP contribution in [0, 0.1) is 0 Å². The molecule has 2 rings (SSSR count). The number of ether oxygens (including phenoxy) is 1. The Hall–Kier alpha value is -0.420. The van der Waals surface area contributed by atoms with E-state index in [1.807, 2.05) is 6.07 Å². The van der Waals surface area contributed by atoms with Crippen molar-refractivity contribution in [1.29, 1.82) is 0 Å². The molecule has 1 aliphatic heterocycles. The summed E-state index contributed by atoms with van der Waals surface area (Å²) in [5.74, 6) is 0.429. The van der Waals surface area contributed by atoms with Gasteiger partial charge in [-0.2, -0.15) is 0 Å². The second-order valence-corrected chi connectivity index (χ2v) is 6.18. The van der Waals surface area contributed by atoms with E-state index in [9.17, 15) is 4.79 Å². The maximum Gasteiger partial charge on any atom is 0.230 e. The smallest absolute Gasteiger partial charge is 0.230 e. The van der Waals surface area contributed by atoms with Crippen molar-refractivity contribution >= 4 is 40.9 Å². The third kappa shape index (κ3) is 4.88. The van der Waals surface area contributed by atoms with Crippen molar-refractivity contribution in [3.8, 4) is 0 Å². The predicted molar refractivity (Wildman–Crippen MR) is 79.2 cm³/mol. The van der Waals surface area contributed by atoms with Crippen LogP contribution in [-0.4, -0.2) is 30.9 Å². The lowest BCUT2D eigenvalue weighted by atomic mass is 10.1. The molecule has 1 amide bonds. The summed E-state index contributed by atoms with van der Waals surface area (Å²) >= 11 is 13.2. The predicted octanol–water partition coefficient (Wildman–Crippen LogP) is 3.38. The second-order valence-electron chi connectivity index (χ2n) is 4.32. The van der Waals surface area contributed by atoms with Crippen LogP contribution in [-0.2, 0) is 9.53 Å². The van der Waals surface area contributed by atoms with E-state index < -0.39 is 0 Å². The van der Waals surface area contributed by atoms with Gasteiger partial charge in [0.1, 0.15) is 0 Å². The third-order valence-corrected chi connectivity index (χ3v) is 4.58. The highest BCUT2D eigenvalue weighted by atomic mass is 35.5. The highest BCUT2D eigenvalue weighted by Crippen LogP contribution is 2.27. The first-order valence-electron chi connectivity index (χ1n) is 6.10. The quantitative estimate of drug-likeness (QED) is 0.865. The van der Waals surface area contributed by atoms with Gasteiger partial charge in [-0.3, -0.25) is 4.79 Å². The molecule has 0 bridgehead atoms. The molecule has 3 nitrogen and oxygen atoms in total. The van der Waals surface area contributed by atoms with Gasteiger partial charge in [-0.15, -0.1) is 11.8 Å². The van der Waals surface area contributed by atoms with Crippen LogP contribution in [0.2, 0.25) is 10.0 Å². The highest BCUT2D eigenvalue weighted by Gasteiger charge is 2.16. The number of thioether (sulfide) groups is 1. The normalized spacial score (nSPS) is 16.3. The summed E-state index contributed by atoms with van der Waals surface area (Å²) in [5.41, 5.74) is 0. The van der Waals surface area contributed by atoms with Crippen molar-refractivity contribution < 1.29 is 9.53 Å². The van der Waals surface area contributed by atoms with E-state index >= 15 is 0 Å². The van der Waals surface area contributed by atoms with E-state index in [1.165, 1.54) is 11.8 Å². The molecule has 104 valence electrons. The van der Waals surface area contributed by atoms with Gasteiger partial charge in [0.25, 0.3) is 0 Å². The van der Waals surface area contributed by atoms with Crippen LogP contribution in [0.4, 0.5) is 0 Å². The molecule has 1 fully saturated rings. The average molecular weight is 320 g/mol. The highest BCUT2D eigenvalue weighted by molar-refractivity contribution is 8.00. The molecular formula is C13H15Cl2NO2S. The fourth-order valence-corrected chi connectivity index (χ4v) is 2.94. The number of carbonyl (C=O) groups excluding carboxylic acids is 1. The number of nitrogens with one attached hydrogen (secondary N) is 1. The average Bonchev–Trinajstić information content (AvgIpc) is 2.41. The van der Waals surface area contributed by atoms with Gasteiger partial charge in [0, 0.05) is 24.2 Å². The first-order valence-corrected chi connectivity index (χ1v) is 7.84. The van der Waals surface area contributed by atoms with Gasteiger partial charge in [-0.25, -0.2) is 0 Å². The molecule has 6 heteroatoms. The Morgan fingerprint density at radius 3 is 2.74 bits per heavy atom.